The molecule has 20 heavy (non-hydrogen) atoms. The highest BCUT2D eigenvalue weighted by Crippen LogP contribution is 2.40. The SMILES string of the molecule is NC(C1=CCCCO1)C1(c2ccccc2)CCOCC1. The first kappa shape index (κ1) is 13.7. The zero-order chi connectivity index (χ0) is 13.8. The van der Waals surface area contributed by atoms with E-state index >= 15 is 0 Å². The molecule has 0 aliphatic carbocycles. The Kier molecular flexibility index (Phi) is 4.08. The van der Waals surface area contributed by atoms with Crippen molar-refractivity contribution in [1.82, 2.24) is 0 Å². The average molecular weight is 273 g/mol. The summed E-state index contributed by atoms with van der Waals surface area (Å²) in [5, 5.41) is 0. The Bertz CT molecular complexity index is 463. The molecule has 3 rings (SSSR count). The predicted molar refractivity (Wildman–Crippen MR) is 79.4 cm³/mol. The fourth-order valence-electron chi connectivity index (χ4n) is 3.35. The van der Waals surface area contributed by atoms with Crippen molar-refractivity contribution in [2.75, 3.05) is 19.8 Å². The summed E-state index contributed by atoms with van der Waals surface area (Å²) in [6.45, 7) is 2.34. The molecule has 2 aliphatic rings. The van der Waals surface area contributed by atoms with Crippen LogP contribution in [0.1, 0.15) is 31.2 Å². The van der Waals surface area contributed by atoms with Crippen molar-refractivity contribution in [3.63, 3.8) is 0 Å². The van der Waals surface area contributed by atoms with Crippen LogP contribution in [0.15, 0.2) is 42.2 Å². The van der Waals surface area contributed by atoms with Crippen molar-refractivity contribution in [1.29, 1.82) is 0 Å². The fourth-order valence-corrected chi connectivity index (χ4v) is 3.35. The van der Waals surface area contributed by atoms with Gasteiger partial charge in [0.05, 0.1) is 12.6 Å². The summed E-state index contributed by atoms with van der Waals surface area (Å²) in [5.74, 6) is 0.974. The van der Waals surface area contributed by atoms with E-state index in [4.69, 9.17) is 15.2 Å². The fraction of sp³-hybridized carbons (Fsp3) is 0.529. The molecule has 0 spiro atoms. The van der Waals surface area contributed by atoms with Gasteiger partial charge in [-0.05, 0) is 37.3 Å². The van der Waals surface area contributed by atoms with Gasteiger partial charge in [-0.2, -0.15) is 0 Å². The Balaban J connectivity index is 1.95. The Morgan fingerprint density at radius 2 is 1.80 bits per heavy atom. The molecule has 1 fully saturated rings. The van der Waals surface area contributed by atoms with E-state index in [-0.39, 0.29) is 11.5 Å². The minimum atomic E-state index is -0.0749. The Hall–Kier alpha value is -1.32. The van der Waals surface area contributed by atoms with Gasteiger partial charge in [-0.15, -0.1) is 0 Å². The Morgan fingerprint density at radius 1 is 1.05 bits per heavy atom. The Labute approximate surface area is 120 Å². The molecule has 0 amide bonds. The molecule has 1 unspecified atom stereocenters. The first-order valence-electron chi connectivity index (χ1n) is 7.55. The smallest absolute Gasteiger partial charge is 0.110 e. The highest BCUT2D eigenvalue weighted by molar-refractivity contribution is 5.32. The van der Waals surface area contributed by atoms with E-state index in [1.165, 1.54) is 5.56 Å². The van der Waals surface area contributed by atoms with Gasteiger partial charge in [-0.25, -0.2) is 0 Å². The minimum absolute atomic E-state index is 0.0529. The molecule has 1 aromatic rings. The molecule has 3 heteroatoms. The summed E-state index contributed by atoms with van der Waals surface area (Å²) >= 11 is 0. The van der Waals surface area contributed by atoms with Crippen molar-refractivity contribution >= 4 is 0 Å². The molecule has 2 aliphatic heterocycles. The van der Waals surface area contributed by atoms with Crippen molar-refractivity contribution in [3.8, 4) is 0 Å². The van der Waals surface area contributed by atoms with Crippen molar-refractivity contribution in [3.05, 3.63) is 47.7 Å². The number of hydrogen-bond acceptors (Lipinski definition) is 3. The molecule has 108 valence electrons. The van der Waals surface area contributed by atoms with Gasteiger partial charge < -0.3 is 15.2 Å². The van der Waals surface area contributed by atoms with Gasteiger partial charge >= 0.3 is 0 Å². The van der Waals surface area contributed by atoms with Crippen LogP contribution in [0.4, 0.5) is 0 Å². The molecule has 0 saturated carbocycles. The van der Waals surface area contributed by atoms with Crippen LogP contribution in [0, 0.1) is 0 Å². The van der Waals surface area contributed by atoms with E-state index in [1.54, 1.807) is 0 Å². The lowest BCUT2D eigenvalue weighted by atomic mass is 9.68. The zero-order valence-corrected chi connectivity index (χ0v) is 11.9. The zero-order valence-electron chi connectivity index (χ0n) is 11.9. The van der Waals surface area contributed by atoms with Crippen LogP contribution in [0.2, 0.25) is 0 Å². The third-order valence-corrected chi connectivity index (χ3v) is 4.60. The van der Waals surface area contributed by atoms with Gasteiger partial charge in [0.2, 0.25) is 0 Å². The lowest BCUT2D eigenvalue weighted by Gasteiger charge is -2.43. The molecule has 2 heterocycles. The standard InChI is InChI=1S/C17H23NO2/c18-16(15-8-4-5-11-20-15)17(9-12-19-13-10-17)14-6-2-1-3-7-14/h1-3,6-8,16H,4-5,9-13,18H2. The van der Waals surface area contributed by atoms with Crippen LogP contribution in [0.5, 0.6) is 0 Å². The van der Waals surface area contributed by atoms with Crippen molar-refractivity contribution in [2.45, 2.75) is 37.1 Å². The lowest BCUT2D eigenvalue weighted by molar-refractivity contribution is 0.0335. The summed E-state index contributed by atoms with van der Waals surface area (Å²) < 4.78 is 11.4. The normalized spacial score (nSPS) is 23.6. The summed E-state index contributed by atoms with van der Waals surface area (Å²) in [4.78, 5) is 0. The quantitative estimate of drug-likeness (QED) is 0.921. The van der Waals surface area contributed by atoms with E-state index in [0.29, 0.717) is 0 Å². The average Bonchev–Trinajstić information content (AvgIpc) is 2.56. The molecular formula is C17H23NO2. The van der Waals surface area contributed by atoms with Gasteiger partial charge in [-0.3, -0.25) is 0 Å². The first-order valence-corrected chi connectivity index (χ1v) is 7.55. The van der Waals surface area contributed by atoms with Crippen LogP contribution >= 0.6 is 0 Å². The molecule has 1 atom stereocenters. The lowest BCUT2D eigenvalue weighted by Crippen LogP contribution is -2.50. The molecule has 0 aromatic heterocycles. The van der Waals surface area contributed by atoms with E-state index in [1.807, 2.05) is 0 Å². The molecule has 0 bridgehead atoms. The number of ether oxygens (including phenoxy) is 2. The van der Waals surface area contributed by atoms with Crippen LogP contribution in [0.3, 0.4) is 0 Å². The number of benzene rings is 1. The van der Waals surface area contributed by atoms with E-state index in [0.717, 1.165) is 51.3 Å². The van der Waals surface area contributed by atoms with E-state index in [9.17, 15) is 0 Å². The monoisotopic (exact) mass is 273 g/mol. The number of nitrogens with two attached hydrogens (primary N) is 1. The predicted octanol–water partition coefficient (Wildman–Crippen LogP) is 2.76. The van der Waals surface area contributed by atoms with Gasteiger partial charge in [0.25, 0.3) is 0 Å². The molecule has 3 nitrogen and oxygen atoms in total. The largest absolute Gasteiger partial charge is 0.497 e. The van der Waals surface area contributed by atoms with E-state index < -0.39 is 0 Å². The summed E-state index contributed by atoms with van der Waals surface area (Å²) in [6.07, 6.45) is 6.26. The molecule has 0 radical (unpaired) electrons. The van der Waals surface area contributed by atoms with Crippen LogP contribution in [-0.2, 0) is 14.9 Å². The highest BCUT2D eigenvalue weighted by Gasteiger charge is 2.42. The van der Waals surface area contributed by atoms with Crippen molar-refractivity contribution in [2.24, 2.45) is 5.73 Å². The third-order valence-electron chi connectivity index (χ3n) is 4.60. The van der Waals surface area contributed by atoms with Crippen LogP contribution in [-0.4, -0.2) is 25.9 Å². The second kappa shape index (κ2) is 5.98. The highest BCUT2D eigenvalue weighted by atomic mass is 16.5. The maximum Gasteiger partial charge on any atom is 0.110 e. The topological polar surface area (TPSA) is 44.5 Å². The van der Waals surface area contributed by atoms with Gasteiger partial charge in [0.15, 0.2) is 0 Å². The number of allylic oxidation sites excluding steroid dienone is 1. The molecule has 1 aromatic carbocycles. The maximum absolute atomic E-state index is 6.64. The first-order chi connectivity index (χ1) is 9.83. The van der Waals surface area contributed by atoms with Crippen LogP contribution < -0.4 is 5.73 Å². The van der Waals surface area contributed by atoms with Gasteiger partial charge in [0.1, 0.15) is 5.76 Å². The second-order valence-corrected chi connectivity index (χ2v) is 5.71. The van der Waals surface area contributed by atoms with Crippen LogP contribution in [0.25, 0.3) is 0 Å². The summed E-state index contributed by atoms with van der Waals surface area (Å²) in [6, 6.07) is 10.5. The summed E-state index contributed by atoms with van der Waals surface area (Å²) in [5.41, 5.74) is 7.90. The molecular weight excluding hydrogens is 250 g/mol. The minimum Gasteiger partial charge on any atom is -0.497 e. The van der Waals surface area contributed by atoms with Gasteiger partial charge in [-0.1, -0.05) is 30.3 Å². The van der Waals surface area contributed by atoms with Crippen molar-refractivity contribution < 1.29 is 9.47 Å². The third kappa shape index (κ3) is 2.48. The second-order valence-electron chi connectivity index (χ2n) is 5.71. The molecule has 1 saturated heterocycles. The van der Waals surface area contributed by atoms with Gasteiger partial charge in [0, 0.05) is 18.6 Å². The molecule has 2 N–H and O–H groups in total. The number of hydrogen-bond donors (Lipinski definition) is 1. The number of rotatable bonds is 3. The summed E-state index contributed by atoms with van der Waals surface area (Å²) in [7, 11) is 0. The maximum atomic E-state index is 6.64. The van der Waals surface area contributed by atoms with E-state index in [2.05, 4.69) is 36.4 Å². The Morgan fingerprint density at radius 3 is 2.45 bits per heavy atom.